The maximum Gasteiger partial charge on any atom is 0.336 e. The van der Waals surface area contributed by atoms with Gasteiger partial charge in [-0.15, -0.1) is 0 Å². The molecule has 0 radical (unpaired) electrons. The Labute approximate surface area is 70.0 Å². The Hall–Kier alpha value is -1.10. The Bertz CT molecular complexity index is 196. The van der Waals surface area contributed by atoms with Crippen molar-refractivity contribution in [2.75, 3.05) is 7.11 Å². The average molecular weight is 176 g/mol. The molecule has 0 saturated heterocycles. The molecule has 0 aliphatic heterocycles. The fraction of sp³-hybridized carbons (Fsp3) is 0.714. The monoisotopic (exact) mass is 176 g/mol. The molecular formula is C7H12O5. The van der Waals surface area contributed by atoms with Crippen molar-refractivity contribution in [3.05, 3.63) is 0 Å². The van der Waals surface area contributed by atoms with Crippen molar-refractivity contribution >= 4 is 11.9 Å². The molecule has 0 aliphatic carbocycles. The van der Waals surface area contributed by atoms with E-state index in [0.717, 1.165) is 14.0 Å². The van der Waals surface area contributed by atoms with Crippen molar-refractivity contribution in [1.29, 1.82) is 0 Å². The number of ether oxygens (including phenoxy) is 1. The second-order valence-electron chi connectivity index (χ2n) is 2.70. The van der Waals surface area contributed by atoms with Crippen LogP contribution in [0.5, 0.6) is 0 Å². The van der Waals surface area contributed by atoms with Crippen molar-refractivity contribution in [3.63, 3.8) is 0 Å². The smallest absolute Gasteiger partial charge is 0.336 e. The minimum atomic E-state index is -2.08. The summed E-state index contributed by atoms with van der Waals surface area (Å²) in [6.07, 6.45) is 0. The van der Waals surface area contributed by atoms with Gasteiger partial charge >= 0.3 is 11.9 Å². The molecule has 2 N–H and O–H groups in total. The zero-order valence-corrected chi connectivity index (χ0v) is 7.20. The fourth-order valence-electron chi connectivity index (χ4n) is 0.591. The van der Waals surface area contributed by atoms with Gasteiger partial charge in [0.05, 0.1) is 13.0 Å². The second kappa shape index (κ2) is 3.53. The van der Waals surface area contributed by atoms with Crippen LogP contribution in [0.15, 0.2) is 0 Å². The zero-order valence-electron chi connectivity index (χ0n) is 7.20. The maximum absolute atomic E-state index is 10.8. The molecule has 0 heterocycles. The van der Waals surface area contributed by atoms with Crippen LogP contribution in [0.3, 0.4) is 0 Å². The second-order valence-corrected chi connectivity index (χ2v) is 2.70. The van der Waals surface area contributed by atoms with Gasteiger partial charge in [0.25, 0.3) is 0 Å². The van der Waals surface area contributed by atoms with Crippen LogP contribution < -0.4 is 0 Å². The Kier molecular flexibility index (Phi) is 3.21. The standard InChI is InChI=1S/C7H12O5/c1-4(5(8)12-3)7(2,11)6(9)10/h4,11H,1-3H3,(H,9,10). The number of esters is 1. The summed E-state index contributed by atoms with van der Waals surface area (Å²) in [6, 6.07) is 0. The number of aliphatic carboxylic acids is 1. The lowest BCUT2D eigenvalue weighted by Gasteiger charge is -2.23. The van der Waals surface area contributed by atoms with Gasteiger partial charge in [0.1, 0.15) is 0 Å². The Morgan fingerprint density at radius 3 is 2.17 bits per heavy atom. The number of carboxylic acid groups (broad SMARTS) is 1. The minimum Gasteiger partial charge on any atom is -0.479 e. The van der Waals surface area contributed by atoms with Gasteiger partial charge in [-0.3, -0.25) is 4.79 Å². The summed E-state index contributed by atoms with van der Waals surface area (Å²) < 4.78 is 4.29. The van der Waals surface area contributed by atoms with Gasteiger partial charge in [-0.1, -0.05) is 0 Å². The van der Waals surface area contributed by atoms with E-state index in [1.807, 2.05) is 0 Å². The topological polar surface area (TPSA) is 83.8 Å². The number of aliphatic hydroxyl groups is 1. The van der Waals surface area contributed by atoms with Crippen LogP contribution in [0.25, 0.3) is 0 Å². The number of methoxy groups -OCH3 is 1. The lowest BCUT2D eigenvalue weighted by Crippen LogP contribution is -2.45. The third kappa shape index (κ3) is 1.94. The third-order valence-electron chi connectivity index (χ3n) is 1.83. The summed E-state index contributed by atoms with van der Waals surface area (Å²) in [5.74, 6) is -3.28. The number of carbonyl (C=O) groups is 2. The van der Waals surface area contributed by atoms with Crippen molar-refractivity contribution in [2.45, 2.75) is 19.4 Å². The summed E-state index contributed by atoms with van der Waals surface area (Å²) in [6.45, 7) is 2.34. The summed E-state index contributed by atoms with van der Waals surface area (Å²) in [5, 5.41) is 17.8. The van der Waals surface area contributed by atoms with E-state index in [4.69, 9.17) is 5.11 Å². The van der Waals surface area contributed by atoms with E-state index in [9.17, 15) is 14.7 Å². The molecule has 0 aromatic rings. The van der Waals surface area contributed by atoms with E-state index < -0.39 is 23.5 Å². The van der Waals surface area contributed by atoms with E-state index in [-0.39, 0.29) is 0 Å². The van der Waals surface area contributed by atoms with Gasteiger partial charge in [-0.2, -0.15) is 0 Å². The molecule has 0 spiro atoms. The molecule has 5 nitrogen and oxygen atoms in total. The Morgan fingerprint density at radius 1 is 1.50 bits per heavy atom. The zero-order chi connectivity index (χ0) is 9.94. The highest BCUT2D eigenvalue weighted by atomic mass is 16.5. The van der Waals surface area contributed by atoms with Crippen LogP contribution in [-0.2, 0) is 14.3 Å². The predicted octanol–water partition coefficient (Wildman–Crippen LogP) is -0.369. The van der Waals surface area contributed by atoms with E-state index in [1.165, 1.54) is 6.92 Å². The molecule has 0 rings (SSSR count). The van der Waals surface area contributed by atoms with Gasteiger partial charge in [0, 0.05) is 0 Å². The van der Waals surface area contributed by atoms with Crippen molar-refractivity contribution < 1.29 is 24.5 Å². The molecule has 0 amide bonds. The summed E-state index contributed by atoms with van der Waals surface area (Å²) in [5.41, 5.74) is -2.08. The van der Waals surface area contributed by atoms with Crippen molar-refractivity contribution in [3.8, 4) is 0 Å². The molecule has 0 aliphatic rings. The van der Waals surface area contributed by atoms with Gasteiger partial charge in [-0.05, 0) is 13.8 Å². The van der Waals surface area contributed by atoms with Crippen LogP contribution in [0.1, 0.15) is 13.8 Å². The van der Waals surface area contributed by atoms with Gasteiger partial charge in [0.2, 0.25) is 0 Å². The molecule has 2 atom stereocenters. The quantitative estimate of drug-likeness (QED) is 0.573. The molecule has 70 valence electrons. The van der Waals surface area contributed by atoms with Crippen LogP contribution in [0.2, 0.25) is 0 Å². The molecule has 0 aromatic carbocycles. The SMILES string of the molecule is COC(=O)C(C)C(C)(O)C(=O)O. The van der Waals surface area contributed by atoms with Crippen molar-refractivity contribution in [2.24, 2.45) is 5.92 Å². The van der Waals surface area contributed by atoms with E-state index >= 15 is 0 Å². The summed E-state index contributed by atoms with van der Waals surface area (Å²) in [4.78, 5) is 21.2. The minimum absolute atomic E-state index is 0.748. The first kappa shape index (κ1) is 10.9. The van der Waals surface area contributed by atoms with Crippen LogP contribution in [-0.4, -0.2) is 34.9 Å². The first-order chi connectivity index (χ1) is 5.34. The van der Waals surface area contributed by atoms with Gasteiger partial charge < -0.3 is 14.9 Å². The summed E-state index contributed by atoms with van der Waals surface area (Å²) in [7, 11) is 1.14. The largest absolute Gasteiger partial charge is 0.479 e. The lowest BCUT2D eigenvalue weighted by molar-refractivity contribution is -0.172. The maximum atomic E-state index is 10.8. The first-order valence-corrected chi connectivity index (χ1v) is 3.37. The predicted molar refractivity (Wildman–Crippen MR) is 39.4 cm³/mol. The molecule has 0 saturated carbocycles. The van der Waals surface area contributed by atoms with Crippen LogP contribution in [0, 0.1) is 5.92 Å². The third-order valence-corrected chi connectivity index (χ3v) is 1.83. The van der Waals surface area contributed by atoms with Gasteiger partial charge in [-0.25, -0.2) is 4.79 Å². The molecular weight excluding hydrogens is 164 g/mol. The van der Waals surface area contributed by atoms with Gasteiger partial charge in [0.15, 0.2) is 5.60 Å². The molecule has 2 unspecified atom stereocenters. The van der Waals surface area contributed by atoms with E-state index in [1.54, 1.807) is 0 Å². The fourth-order valence-corrected chi connectivity index (χ4v) is 0.591. The number of rotatable bonds is 3. The number of hydrogen-bond acceptors (Lipinski definition) is 4. The number of hydrogen-bond donors (Lipinski definition) is 2. The van der Waals surface area contributed by atoms with Crippen molar-refractivity contribution in [1.82, 2.24) is 0 Å². The van der Waals surface area contributed by atoms with E-state index in [0.29, 0.717) is 0 Å². The highest BCUT2D eigenvalue weighted by Crippen LogP contribution is 2.17. The first-order valence-electron chi connectivity index (χ1n) is 3.37. The lowest BCUT2D eigenvalue weighted by atomic mass is 9.91. The molecule has 0 bridgehead atoms. The molecule has 0 aromatic heterocycles. The Balaban J connectivity index is 4.56. The average Bonchev–Trinajstić information content (AvgIpc) is 2.01. The molecule has 12 heavy (non-hydrogen) atoms. The van der Waals surface area contributed by atoms with Crippen LogP contribution >= 0.6 is 0 Å². The summed E-state index contributed by atoms with van der Waals surface area (Å²) >= 11 is 0. The van der Waals surface area contributed by atoms with Crippen LogP contribution in [0.4, 0.5) is 0 Å². The highest BCUT2D eigenvalue weighted by molar-refractivity contribution is 5.85. The van der Waals surface area contributed by atoms with E-state index in [2.05, 4.69) is 4.74 Å². The molecule has 0 fully saturated rings. The highest BCUT2D eigenvalue weighted by Gasteiger charge is 2.41. The molecule has 5 heteroatoms. The number of carboxylic acids is 1. The number of carbonyl (C=O) groups excluding carboxylic acids is 1. The normalized spacial score (nSPS) is 17.7. The Morgan fingerprint density at radius 2 is 1.92 bits per heavy atom.